The van der Waals surface area contributed by atoms with Crippen molar-refractivity contribution in [3.8, 4) is 0 Å². The van der Waals surface area contributed by atoms with Gasteiger partial charge in [0.2, 0.25) is 12.4 Å². The number of aryl methyl sites for hydroxylation is 1. The van der Waals surface area contributed by atoms with Crippen LogP contribution in [0.1, 0.15) is 12.5 Å². The Morgan fingerprint density at radius 2 is 2.00 bits per heavy atom. The van der Waals surface area contributed by atoms with Crippen LogP contribution in [-0.2, 0) is 4.79 Å². The van der Waals surface area contributed by atoms with E-state index in [2.05, 4.69) is 61.5 Å². The Kier molecular flexibility index (Phi) is 5.97. The van der Waals surface area contributed by atoms with Gasteiger partial charge in [-0.25, -0.2) is 4.98 Å². The SMILES string of the molecule is C/C=N\c1cnc(Nc2ccc(N3CCN(C)CC3)c(C)c2)nc1NC=O. The zero-order valence-electron chi connectivity index (χ0n) is 15.9. The maximum absolute atomic E-state index is 10.8. The first-order valence-electron chi connectivity index (χ1n) is 8.97. The van der Waals surface area contributed by atoms with Crippen LogP contribution in [-0.4, -0.2) is 60.7 Å². The largest absolute Gasteiger partial charge is 0.369 e. The molecule has 2 aromatic rings. The molecule has 1 fully saturated rings. The van der Waals surface area contributed by atoms with Crippen molar-refractivity contribution in [2.24, 2.45) is 4.99 Å². The highest BCUT2D eigenvalue weighted by atomic mass is 16.1. The number of likely N-dealkylation sites (N-methyl/N-ethyl adjacent to an activating group) is 1. The number of anilines is 4. The van der Waals surface area contributed by atoms with Crippen LogP contribution >= 0.6 is 0 Å². The van der Waals surface area contributed by atoms with E-state index in [0.717, 1.165) is 31.9 Å². The lowest BCUT2D eigenvalue weighted by Gasteiger charge is -2.35. The van der Waals surface area contributed by atoms with Gasteiger partial charge in [-0.2, -0.15) is 4.98 Å². The molecule has 0 saturated carbocycles. The summed E-state index contributed by atoms with van der Waals surface area (Å²) in [5, 5.41) is 5.75. The van der Waals surface area contributed by atoms with E-state index in [1.165, 1.54) is 11.3 Å². The van der Waals surface area contributed by atoms with Gasteiger partial charge in [0.25, 0.3) is 0 Å². The summed E-state index contributed by atoms with van der Waals surface area (Å²) in [6.07, 6.45) is 3.78. The highest BCUT2D eigenvalue weighted by Gasteiger charge is 2.16. The molecule has 0 spiro atoms. The van der Waals surface area contributed by atoms with Crippen LogP contribution in [0.2, 0.25) is 0 Å². The number of nitrogens with one attached hydrogen (secondary N) is 2. The monoisotopic (exact) mass is 367 g/mol. The van der Waals surface area contributed by atoms with Crippen molar-refractivity contribution in [2.75, 3.05) is 48.8 Å². The van der Waals surface area contributed by atoms with Crippen LogP contribution in [0.15, 0.2) is 29.4 Å². The Morgan fingerprint density at radius 1 is 1.22 bits per heavy atom. The van der Waals surface area contributed by atoms with E-state index >= 15 is 0 Å². The van der Waals surface area contributed by atoms with Gasteiger partial charge < -0.3 is 20.4 Å². The molecule has 0 aliphatic carbocycles. The molecule has 1 aromatic heterocycles. The lowest BCUT2D eigenvalue weighted by molar-refractivity contribution is -0.105. The summed E-state index contributed by atoms with van der Waals surface area (Å²) in [4.78, 5) is 28.3. The molecular formula is C19H25N7O. The number of hydrogen-bond acceptors (Lipinski definition) is 7. The number of amides is 1. The second-order valence-corrected chi connectivity index (χ2v) is 6.49. The van der Waals surface area contributed by atoms with E-state index < -0.39 is 0 Å². The summed E-state index contributed by atoms with van der Waals surface area (Å²) >= 11 is 0. The summed E-state index contributed by atoms with van der Waals surface area (Å²) in [6.45, 7) is 8.12. The van der Waals surface area contributed by atoms with Gasteiger partial charge >= 0.3 is 0 Å². The molecule has 0 atom stereocenters. The van der Waals surface area contributed by atoms with Crippen molar-refractivity contribution in [1.29, 1.82) is 0 Å². The zero-order valence-corrected chi connectivity index (χ0v) is 15.9. The molecule has 0 bridgehead atoms. The predicted octanol–water partition coefficient (Wildman–Crippen LogP) is 2.57. The summed E-state index contributed by atoms with van der Waals surface area (Å²) in [5.74, 6) is 0.771. The van der Waals surface area contributed by atoms with Crippen molar-refractivity contribution >= 4 is 41.5 Å². The molecule has 8 nitrogen and oxygen atoms in total. The Bertz CT molecular complexity index is 829. The summed E-state index contributed by atoms with van der Waals surface area (Å²) < 4.78 is 0. The van der Waals surface area contributed by atoms with Gasteiger partial charge in [-0.15, -0.1) is 0 Å². The summed E-state index contributed by atoms with van der Waals surface area (Å²) in [5.41, 5.74) is 3.86. The number of aliphatic imine (C=N–C) groups is 1. The Labute approximate surface area is 159 Å². The molecule has 0 unspecified atom stereocenters. The van der Waals surface area contributed by atoms with E-state index in [-0.39, 0.29) is 0 Å². The maximum atomic E-state index is 10.8. The summed E-state index contributed by atoms with van der Waals surface area (Å²) in [6, 6.07) is 6.24. The lowest BCUT2D eigenvalue weighted by Crippen LogP contribution is -2.44. The highest BCUT2D eigenvalue weighted by molar-refractivity contribution is 5.79. The van der Waals surface area contributed by atoms with Gasteiger partial charge in [0.15, 0.2) is 5.82 Å². The van der Waals surface area contributed by atoms with Gasteiger partial charge in [-0.1, -0.05) is 0 Å². The Hall–Kier alpha value is -3.00. The maximum Gasteiger partial charge on any atom is 0.229 e. The van der Waals surface area contributed by atoms with E-state index in [4.69, 9.17) is 0 Å². The van der Waals surface area contributed by atoms with E-state index in [9.17, 15) is 4.79 Å². The van der Waals surface area contributed by atoms with Crippen molar-refractivity contribution < 1.29 is 4.79 Å². The molecule has 27 heavy (non-hydrogen) atoms. The van der Waals surface area contributed by atoms with Crippen molar-refractivity contribution in [3.05, 3.63) is 30.0 Å². The van der Waals surface area contributed by atoms with Gasteiger partial charge in [-0.05, 0) is 44.7 Å². The van der Waals surface area contributed by atoms with Crippen LogP contribution in [0, 0.1) is 6.92 Å². The van der Waals surface area contributed by atoms with Gasteiger partial charge in [0, 0.05) is 43.8 Å². The number of rotatable bonds is 6. The van der Waals surface area contributed by atoms with E-state index in [0.29, 0.717) is 23.9 Å². The number of carbonyl (C=O) groups is 1. The fourth-order valence-electron chi connectivity index (χ4n) is 3.10. The average Bonchev–Trinajstić information content (AvgIpc) is 2.65. The molecule has 2 heterocycles. The minimum Gasteiger partial charge on any atom is -0.369 e. The fraction of sp³-hybridized carbons (Fsp3) is 0.368. The van der Waals surface area contributed by atoms with Gasteiger partial charge in [-0.3, -0.25) is 9.79 Å². The zero-order chi connectivity index (χ0) is 19.2. The number of benzene rings is 1. The standard InChI is InChI=1S/C19H25N7O/c1-4-20-16-12-21-19(24-18(16)22-13-27)23-15-5-6-17(14(2)11-15)26-9-7-25(3)8-10-26/h4-6,11-13H,7-10H2,1-3H3,(H2,21,22,23,24,27)/b20-4-. The number of hydrogen-bond donors (Lipinski definition) is 2. The van der Waals surface area contributed by atoms with Gasteiger partial charge in [0.05, 0.1) is 6.20 Å². The highest BCUT2D eigenvalue weighted by Crippen LogP contribution is 2.27. The minimum atomic E-state index is 0.367. The van der Waals surface area contributed by atoms with Crippen LogP contribution in [0.5, 0.6) is 0 Å². The average molecular weight is 367 g/mol. The Balaban J connectivity index is 1.77. The third kappa shape index (κ3) is 4.59. The molecule has 1 aliphatic rings. The molecule has 1 amide bonds. The number of aromatic nitrogens is 2. The van der Waals surface area contributed by atoms with Crippen LogP contribution < -0.4 is 15.5 Å². The molecule has 2 N–H and O–H groups in total. The molecule has 1 saturated heterocycles. The lowest BCUT2D eigenvalue weighted by atomic mass is 10.1. The molecule has 3 rings (SSSR count). The van der Waals surface area contributed by atoms with Crippen LogP contribution in [0.3, 0.4) is 0 Å². The molecule has 1 aromatic carbocycles. The number of nitrogens with zero attached hydrogens (tertiary/aromatic N) is 5. The smallest absolute Gasteiger partial charge is 0.229 e. The molecule has 0 radical (unpaired) electrons. The fourth-order valence-corrected chi connectivity index (χ4v) is 3.10. The topological polar surface area (TPSA) is 85.8 Å². The van der Waals surface area contributed by atoms with Crippen LogP contribution in [0.4, 0.5) is 28.8 Å². The predicted molar refractivity (Wildman–Crippen MR) is 110 cm³/mol. The number of carbonyl (C=O) groups excluding carboxylic acids is 1. The van der Waals surface area contributed by atoms with E-state index in [1.54, 1.807) is 19.3 Å². The first kappa shape index (κ1) is 18.8. The van der Waals surface area contributed by atoms with Crippen molar-refractivity contribution in [3.63, 3.8) is 0 Å². The van der Waals surface area contributed by atoms with Crippen molar-refractivity contribution in [1.82, 2.24) is 14.9 Å². The molecule has 8 heteroatoms. The second-order valence-electron chi connectivity index (χ2n) is 6.49. The van der Waals surface area contributed by atoms with Gasteiger partial charge in [0.1, 0.15) is 5.69 Å². The summed E-state index contributed by atoms with van der Waals surface area (Å²) in [7, 11) is 2.15. The molecule has 1 aliphatic heterocycles. The van der Waals surface area contributed by atoms with E-state index in [1.807, 2.05) is 6.07 Å². The molecular weight excluding hydrogens is 342 g/mol. The minimum absolute atomic E-state index is 0.367. The quantitative estimate of drug-likeness (QED) is 0.603. The first-order chi connectivity index (χ1) is 13.1. The van der Waals surface area contributed by atoms with Crippen molar-refractivity contribution in [2.45, 2.75) is 13.8 Å². The Morgan fingerprint density at radius 3 is 2.67 bits per heavy atom. The third-order valence-electron chi connectivity index (χ3n) is 4.53. The molecule has 142 valence electrons. The third-order valence-corrected chi connectivity index (χ3v) is 4.53. The normalized spacial score (nSPS) is 15.1. The first-order valence-corrected chi connectivity index (χ1v) is 8.97. The number of piperazine rings is 1. The second kappa shape index (κ2) is 8.59. The van der Waals surface area contributed by atoms with Crippen LogP contribution in [0.25, 0.3) is 0 Å².